The summed E-state index contributed by atoms with van der Waals surface area (Å²) in [5.41, 5.74) is 0. The Morgan fingerprint density at radius 2 is 0.841 bits per heavy atom. The lowest BCUT2D eigenvalue weighted by molar-refractivity contribution is -0.123. The number of allylic oxidation sites excluding steroid dienone is 1. The van der Waals surface area contributed by atoms with E-state index < -0.39 is 12.1 Å². The molecule has 0 heterocycles. The van der Waals surface area contributed by atoms with Gasteiger partial charge < -0.3 is 15.5 Å². The lowest BCUT2D eigenvalue weighted by Crippen LogP contribution is -2.45. The van der Waals surface area contributed by atoms with Crippen LogP contribution in [-0.4, -0.2) is 34.9 Å². The first-order valence-corrected chi connectivity index (χ1v) is 19.9. The first kappa shape index (κ1) is 43.1. The van der Waals surface area contributed by atoms with Crippen molar-refractivity contribution in [2.75, 3.05) is 6.61 Å². The zero-order valence-corrected chi connectivity index (χ0v) is 29.9. The predicted molar refractivity (Wildman–Crippen MR) is 193 cm³/mol. The number of amides is 1. The van der Waals surface area contributed by atoms with Crippen LogP contribution in [0.15, 0.2) is 12.2 Å². The summed E-state index contributed by atoms with van der Waals surface area (Å²) in [7, 11) is 0. The van der Waals surface area contributed by atoms with E-state index in [1.807, 2.05) is 6.08 Å². The third-order valence-corrected chi connectivity index (χ3v) is 9.27. The first-order chi connectivity index (χ1) is 21.7. The second-order valence-corrected chi connectivity index (χ2v) is 13.7. The van der Waals surface area contributed by atoms with Gasteiger partial charge in [0.1, 0.15) is 0 Å². The topological polar surface area (TPSA) is 69.6 Å². The largest absolute Gasteiger partial charge is 0.394 e. The monoisotopic (exact) mass is 622 g/mol. The van der Waals surface area contributed by atoms with Crippen LogP contribution in [0.2, 0.25) is 0 Å². The van der Waals surface area contributed by atoms with E-state index in [4.69, 9.17) is 0 Å². The van der Waals surface area contributed by atoms with Crippen LogP contribution in [0.1, 0.15) is 219 Å². The molecule has 0 aliphatic heterocycles. The van der Waals surface area contributed by atoms with Crippen molar-refractivity contribution in [1.29, 1.82) is 0 Å². The van der Waals surface area contributed by atoms with Crippen molar-refractivity contribution in [2.24, 2.45) is 0 Å². The number of carbonyl (C=O) groups is 1. The summed E-state index contributed by atoms with van der Waals surface area (Å²) in [6.07, 6.45) is 44.4. The SMILES string of the molecule is CCCCCCCCCCCCCC/C=C/C(O)C(CO)NC(=O)CCCCCCCCCCCCCCCCCCCC. The summed E-state index contributed by atoms with van der Waals surface area (Å²) in [5.74, 6) is -0.0612. The highest BCUT2D eigenvalue weighted by Crippen LogP contribution is 2.15. The lowest BCUT2D eigenvalue weighted by atomic mass is 10.0. The Labute approximate surface area is 276 Å². The van der Waals surface area contributed by atoms with Crippen molar-refractivity contribution in [2.45, 2.75) is 231 Å². The molecule has 4 nitrogen and oxygen atoms in total. The molecule has 44 heavy (non-hydrogen) atoms. The fourth-order valence-electron chi connectivity index (χ4n) is 6.18. The molecule has 0 spiro atoms. The Bertz CT molecular complexity index is 593. The molecular weight excluding hydrogens is 542 g/mol. The Morgan fingerprint density at radius 3 is 1.18 bits per heavy atom. The molecule has 0 aliphatic rings. The number of rotatable bonds is 36. The number of hydrogen-bond acceptors (Lipinski definition) is 3. The van der Waals surface area contributed by atoms with E-state index in [-0.39, 0.29) is 12.5 Å². The lowest BCUT2D eigenvalue weighted by Gasteiger charge is -2.20. The molecule has 0 bridgehead atoms. The van der Waals surface area contributed by atoms with Crippen molar-refractivity contribution in [1.82, 2.24) is 5.32 Å². The average molecular weight is 622 g/mol. The smallest absolute Gasteiger partial charge is 0.220 e. The predicted octanol–water partition coefficient (Wildman–Crippen LogP) is 11.9. The molecule has 262 valence electrons. The van der Waals surface area contributed by atoms with Gasteiger partial charge in [0.15, 0.2) is 0 Å². The van der Waals surface area contributed by atoms with E-state index >= 15 is 0 Å². The molecule has 2 atom stereocenters. The fraction of sp³-hybridized carbons (Fsp3) is 0.925. The van der Waals surface area contributed by atoms with Gasteiger partial charge >= 0.3 is 0 Å². The van der Waals surface area contributed by atoms with E-state index in [0.29, 0.717) is 6.42 Å². The van der Waals surface area contributed by atoms with Gasteiger partial charge in [-0.05, 0) is 19.3 Å². The van der Waals surface area contributed by atoms with Crippen molar-refractivity contribution < 1.29 is 15.0 Å². The van der Waals surface area contributed by atoms with Crippen LogP contribution in [0, 0.1) is 0 Å². The van der Waals surface area contributed by atoms with Gasteiger partial charge in [0.2, 0.25) is 5.91 Å². The molecule has 0 aromatic heterocycles. The van der Waals surface area contributed by atoms with Crippen LogP contribution in [0.4, 0.5) is 0 Å². The molecule has 0 saturated heterocycles. The standard InChI is InChI=1S/C40H79NO3/c1-3-5-7-9-11-13-15-17-19-20-21-22-24-26-28-30-32-34-36-40(44)41-38(37-42)39(43)35-33-31-29-27-25-23-18-16-14-12-10-8-6-4-2/h33,35,38-39,42-43H,3-32,34,36-37H2,1-2H3,(H,41,44)/b35-33+. The zero-order valence-electron chi connectivity index (χ0n) is 29.9. The maximum atomic E-state index is 12.3. The number of hydrogen-bond donors (Lipinski definition) is 3. The summed E-state index contributed by atoms with van der Waals surface area (Å²) in [4.78, 5) is 12.3. The van der Waals surface area contributed by atoms with E-state index in [1.54, 1.807) is 6.08 Å². The maximum Gasteiger partial charge on any atom is 0.220 e. The number of aliphatic hydroxyl groups is 2. The van der Waals surface area contributed by atoms with E-state index in [9.17, 15) is 15.0 Å². The summed E-state index contributed by atoms with van der Waals surface area (Å²) in [5, 5.41) is 22.9. The molecule has 0 fully saturated rings. The summed E-state index contributed by atoms with van der Waals surface area (Å²) in [6.45, 7) is 4.31. The number of aliphatic hydroxyl groups excluding tert-OH is 2. The molecule has 2 unspecified atom stereocenters. The van der Waals surface area contributed by atoms with Gasteiger partial charge in [-0.3, -0.25) is 4.79 Å². The summed E-state index contributed by atoms with van der Waals surface area (Å²) >= 11 is 0. The van der Waals surface area contributed by atoms with Crippen molar-refractivity contribution >= 4 is 5.91 Å². The molecule has 0 rings (SSSR count). The second-order valence-electron chi connectivity index (χ2n) is 13.7. The molecule has 0 aliphatic carbocycles. The third-order valence-electron chi connectivity index (χ3n) is 9.27. The van der Waals surface area contributed by atoms with Gasteiger partial charge in [-0.2, -0.15) is 0 Å². The van der Waals surface area contributed by atoms with Gasteiger partial charge in [0, 0.05) is 6.42 Å². The molecule has 0 radical (unpaired) electrons. The minimum Gasteiger partial charge on any atom is -0.394 e. The van der Waals surface area contributed by atoms with Crippen molar-refractivity contribution in [3.63, 3.8) is 0 Å². The van der Waals surface area contributed by atoms with Crippen LogP contribution in [0.3, 0.4) is 0 Å². The van der Waals surface area contributed by atoms with E-state index in [1.165, 1.54) is 173 Å². The van der Waals surface area contributed by atoms with Crippen LogP contribution in [0.5, 0.6) is 0 Å². The second kappa shape index (κ2) is 36.6. The fourth-order valence-corrected chi connectivity index (χ4v) is 6.18. The number of unbranched alkanes of at least 4 members (excludes halogenated alkanes) is 29. The van der Waals surface area contributed by atoms with Gasteiger partial charge in [-0.1, -0.05) is 206 Å². The number of nitrogens with one attached hydrogen (secondary N) is 1. The van der Waals surface area contributed by atoms with Gasteiger partial charge in [0.25, 0.3) is 0 Å². The van der Waals surface area contributed by atoms with Gasteiger partial charge in [-0.15, -0.1) is 0 Å². The number of carbonyl (C=O) groups excluding carboxylic acids is 1. The molecule has 1 amide bonds. The van der Waals surface area contributed by atoms with Crippen LogP contribution < -0.4 is 5.32 Å². The molecule has 0 aromatic carbocycles. The zero-order chi connectivity index (χ0) is 32.2. The van der Waals surface area contributed by atoms with Crippen molar-refractivity contribution in [3.8, 4) is 0 Å². The van der Waals surface area contributed by atoms with Crippen LogP contribution in [0.25, 0.3) is 0 Å². The highest BCUT2D eigenvalue weighted by atomic mass is 16.3. The average Bonchev–Trinajstić information content (AvgIpc) is 3.03. The van der Waals surface area contributed by atoms with Crippen LogP contribution in [-0.2, 0) is 4.79 Å². The normalized spacial score (nSPS) is 13.1. The van der Waals surface area contributed by atoms with Gasteiger partial charge in [-0.25, -0.2) is 0 Å². The third kappa shape index (κ3) is 32.5. The Balaban J connectivity index is 3.55. The highest BCUT2D eigenvalue weighted by molar-refractivity contribution is 5.76. The Kier molecular flexibility index (Phi) is 35.9. The molecule has 4 heteroatoms. The van der Waals surface area contributed by atoms with E-state index in [0.717, 1.165) is 25.7 Å². The maximum absolute atomic E-state index is 12.3. The molecule has 0 saturated carbocycles. The molecule has 3 N–H and O–H groups in total. The highest BCUT2D eigenvalue weighted by Gasteiger charge is 2.17. The quantitative estimate of drug-likeness (QED) is 0.0481. The van der Waals surface area contributed by atoms with Crippen LogP contribution >= 0.6 is 0 Å². The van der Waals surface area contributed by atoms with E-state index in [2.05, 4.69) is 19.2 Å². The molecular formula is C40H79NO3. The summed E-state index contributed by atoms with van der Waals surface area (Å²) in [6, 6.07) is -0.615. The summed E-state index contributed by atoms with van der Waals surface area (Å²) < 4.78 is 0. The van der Waals surface area contributed by atoms with Gasteiger partial charge in [0.05, 0.1) is 18.8 Å². The minimum absolute atomic E-state index is 0.0612. The Hall–Kier alpha value is -0.870. The Morgan fingerprint density at radius 1 is 0.523 bits per heavy atom. The minimum atomic E-state index is -0.832. The first-order valence-electron chi connectivity index (χ1n) is 19.9. The van der Waals surface area contributed by atoms with Crippen molar-refractivity contribution in [3.05, 3.63) is 12.2 Å². The molecule has 0 aromatic rings.